The van der Waals surface area contributed by atoms with E-state index >= 15 is 0 Å². The lowest BCUT2D eigenvalue weighted by Crippen LogP contribution is -2.40. The second-order valence-corrected chi connectivity index (χ2v) is 8.18. The SMILES string of the molecule is CNCC1CCCN1C(=O)c1cccc(-c2noc(CC(C)(C)C)n2)c1. The van der Waals surface area contributed by atoms with Crippen LogP contribution in [0.4, 0.5) is 0 Å². The molecule has 0 spiro atoms. The number of hydrogen-bond donors (Lipinski definition) is 1. The summed E-state index contributed by atoms with van der Waals surface area (Å²) in [5, 5.41) is 7.27. The van der Waals surface area contributed by atoms with Crippen molar-refractivity contribution in [1.82, 2.24) is 20.4 Å². The highest BCUT2D eigenvalue weighted by atomic mass is 16.5. The summed E-state index contributed by atoms with van der Waals surface area (Å²) in [6, 6.07) is 7.78. The van der Waals surface area contributed by atoms with E-state index in [9.17, 15) is 4.79 Å². The number of carbonyl (C=O) groups is 1. The van der Waals surface area contributed by atoms with Crippen LogP contribution in [0, 0.1) is 5.41 Å². The van der Waals surface area contributed by atoms with Crippen LogP contribution in [-0.4, -0.2) is 47.1 Å². The van der Waals surface area contributed by atoms with E-state index in [1.807, 2.05) is 36.2 Å². The number of rotatable bonds is 5. The number of nitrogens with zero attached hydrogens (tertiary/aromatic N) is 3. The maximum absolute atomic E-state index is 12.9. The standard InChI is InChI=1S/C20H28N4O2/c1-20(2,3)12-17-22-18(23-26-17)14-7-5-8-15(11-14)19(25)24-10-6-9-16(24)13-21-4/h5,7-8,11,16,21H,6,9-10,12-13H2,1-4H3. The largest absolute Gasteiger partial charge is 0.339 e. The first kappa shape index (κ1) is 18.6. The Balaban J connectivity index is 1.79. The molecule has 1 saturated heterocycles. The van der Waals surface area contributed by atoms with Crippen LogP contribution in [-0.2, 0) is 6.42 Å². The number of aromatic nitrogens is 2. The molecule has 1 aliphatic rings. The molecule has 1 unspecified atom stereocenters. The lowest BCUT2D eigenvalue weighted by atomic mass is 9.92. The zero-order valence-corrected chi connectivity index (χ0v) is 16.1. The summed E-state index contributed by atoms with van der Waals surface area (Å²) >= 11 is 0. The van der Waals surface area contributed by atoms with E-state index < -0.39 is 0 Å². The van der Waals surface area contributed by atoms with Crippen LogP contribution in [0.15, 0.2) is 28.8 Å². The molecule has 1 atom stereocenters. The van der Waals surface area contributed by atoms with Crippen LogP contribution in [0.1, 0.15) is 49.9 Å². The van der Waals surface area contributed by atoms with Crippen LogP contribution >= 0.6 is 0 Å². The Hall–Kier alpha value is -2.21. The van der Waals surface area contributed by atoms with Crippen molar-refractivity contribution in [2.45, 2.75) is 46.1 Å². The van der Waals surface area contributed by atoms with Crippen LogP contribution in [0.2, 0.25) is 0 Å². The molecule has 6 heteroatoms. The van der Waals surface area contributed by atoms with Crippen molar-refractivity contribution in [2.75, 3.05) is 20.1 Å². The average molecular weight is 356 g/mol. The van der Waals surface area contributed by atoms with Gasteiger partial charge in [-0.05, 0) is 37.4 Å². The minimum Gasteiger partial charge on any atom is -0.339 e. The normalized spacial score (nSPS) is 17.7. The van der Waals surface area contributed by atoms with Gasteiger partial charge < -0.3 is 14.7 Å². The lowest BCUT2D eigenvalue weighted by molar-refractivity contribution is 0.0737. The Kier molecular flexibility index (Phi) is 5.41. The van der Waals surface area contributed by atoms with Gasteiger partial charge in [-0.25, -0.2) is 0 Å². The van der Waals surface area contributed by atoms with Gasteiger partial charge in [-0.3, -0.25) is 4.79 Å². The summed E-state index contributed by atoms with van der Waals surface area (Å²) in [5.41, 5.74) is 1.57. The maximum atomic E-state index is 12.9. The van der Waals surface area contributed by atoms with E-state index in [4.69, 9.17) is 4.52 Å². The molecule has 140 valence electrons. The van der Waals surface area contributed by atoms with Crippen molar-refractivity contribution in [3.63, 3.8) is 0 Å². The van der Waals surface area contributed by atoms with E-state index in [2.05, 4.69) is 36.2 Å². The molecular formula is C20H28N4O2. The third-order valence-corrected chi connectivity index (χ3v) is 4.60. The predicted molar refractivity (Wildman–Crippen MR) is 101 cm³/mol. The number of likely N-dealkylation sites (tertiary alicyclic amines) is 1. The predicted octanol–water partition coefficient (Wildman–Crippen LogP) is 3.15. The molecule has 2 heterocycles. The van der Waals surface area contributed by atoms with Crippen LogP contribution in [0.25, 0.3) is 11.4 Å². The van der Waals surface area contributed by atoms with Gasteiger partial charge in [0, 0.05) is 36.7 Å². The first-order valence-electron chi connectivity index (χ1n) is 9.26. The molecule has 1 N–H and O–H groups in total. The Labute approximate surface area is 155 Å². The molecule has 0 aliphatic carbocycles. The number of amides is 1. The fourth-order valence-corrected chi connectivity index (χ4v) is 3.41. The van der Waals surface area contributed by atoms with Gasteiger partial charge in [0.25, 0.3) is 5.91 Å². The summed E-state index contributed by atoms with van der Waals surface area (Å²) in [7, 11) is 1.92. The van der Waals surface area contributed by atoms with E-state index in [0.717, 1.165) is 37.9 Å². The highest BCUT2D eigenvalue weighted by Gasteiger charge is 2.29. The van der Waals surface area contributed by atoms with Crippen molar-refractivity contribution in [1.29, 1.82) is 0 Å². The molecule has 3 rings (SSSR count). The highest BCUT2D eigenvalue weighted by molar-refractivity contribution is 5.95. The molecule has 1 fully saturated rings. The zero-order valence-electron chi connectivity index (χ0n) is 16.1. The number of nitrogens with one attached hydrogen (secondary N) is 1. The van der Waals surface area contributed by atoms with Crippen molar-refractivity contribution in [2.24, 2.45) is 5.41 Å². The fraction of sp³-hybridized carbons (Fsp3) is 0.550. The summed E-state index contributed by atoms with van der Waals surface area (Å²) in [5.74, 6) is 1.23. The molecule has 1 aliphatic heterocycles. The van der Waals surface area contributed by atoms with Gasteiger partial charge in [0.15, 0.2) is 0 Å². The van der Waals surface area contributed by atoms with Gasteiger partial charge in [-0.15, -0.1) is 0 Å². The van der Waals surface area contributed by atoms with Gasteiger partial charge in [0.05, 0.1) is 0 Å². The zero-order chi connectivity index (χ0) is 18.7. The monoisotopic (exact) mass is 356 g/mol. The summed E-state index contributed by atoms with van der Waals surface area (Å²) in [6.45, 7) is 8.04. The second-order valence-electron chi connectivity index (χ2n) is 8.18. The fourth-order valence-electron chi connectivity index (χ4n) is 3.41. The van der Waals surface area contributed by atoms with Crippen LogP contribution in [0.5, 0.6) is 0 Å². The van der Waals surface area contributed by atoms with E-state index in [1.54, 1.807) is 0 Å². The van der Waals surface area contributed by atoms with Crippen molar-refractivity contribution < 1.29 is 9.32 Å². The van der Waals surface area contributed by atoms with Gasteiger partial charge in [0.2, 0.25) is 11.7 Å². The average Bonchev–Trinajstić information content (AvgIpc) is 3.23. The topological polar surface area (TPSA) is 71.3 Å². The number of benzene rings is 1. The summed E-state index contributed by atoms with van der Waals surface area (Å²) in [4.78, 5) is 19.4. The Morgan fingerprint density at radius 3 is 2.92 bits per heavy atom. The van der Waals surface area contributed by atoms with E-state index in [-0.39, 0.29) is 17.4 Å². The van der Waals surface area contributed by atoms with Gasteiger partial charge in [-0.1, -0.05) is 38.1 Å². The van der Waals surface area contributed by atoms with Crippen molar-refractivity contribution in [3.05, 3.63) is 35.7 Å². The molecule has 1 aromatic heterocycles. The quantitative estimate of drug-likeness (QED) is 0.891. The molecule has 2 aromatic rings. The highest BCUT2D eigenvalue weighted by Crippen LogP contribution is 2.24. The molecule has 6 nitrogen and oxygen atoms in total. The van der Waals surface area contributed by atoms with Crippen LogP contribution in [0.3, 0.4) is 0 Å². The van der Waals surface area contributed by atoms with Gasteiger partial charge >= 0.3 is 0 Å². The van der Waals surface area contributed by atoms with Gasteiger partial charge in [-0.2, -0.15) is 4.98 Å². The number of hydrogen-bond acceptors (Lipinski definition) is 5. The van der Waals surface area contributed by atoms with Crippen molar-refractivity contribution >= 4 is 5.91 Å². The summed E-state index contributed by atoms with van der Waals surface area (Å²) in [6.07, 6.45) is 2.82. The summed E-state index contributed by atoms with van der Waals surface area (Å²) < 4.78 is 5.38. The van der Waals surface area contributed by atoms with E-state index in [1.165, 1.54) is 0 Å². The molecule has 26 heavy (non-hydrogen) atoms. The van der Waals surface area contributed by atoms with Crippen LogP contribution < -0.4 is 5.32 Å². The molecule has 1 amide bonds. The van der Waals surface area contributed by atoms with Crippen molar-refractivity contribution in [3.8, 4) is 11.4 Å². The molecule has 0 bridgehead atoms. The Bertz CT molecular complexity index is 763. The Morgan fingerprint density at radius 2 is 2.19 bits per heavy atom. The third kappa shape index (κ3) is 4.30. The van der Waals surface area contributed by atoms with Gasteiger partial charge in [0.1, 0.15) is 0 Å². The Morgan fingerprint density at radius 1 is 1.38 bits per heavy atom. The number of likely N-dealkylation sites (N-methyl/N-ethyl adjacent to an activating group) is 1. The molecule has 0 radical (unpaired) electrons. The first-order chi connectivity index (χ1) is 12.4. The smallest absolute Gasteiger partial charge is 0.254 e. The molecular weight excluding hydrogens is 328 g/mol. The molecule has 1 aromatic carbocycles. The lowest BCUT2D eigenvalue weighted by Gasteiger charge is -2.24. The number of carbonyl (C=O) groups excluding carboxylic acids is 1. The minimum absolute atomic E-state index is 0.0722. The molecule has 0 saturated carbocycles. The minimum atomic E-state index is 0.0722. The second kappa shape index (κ2) is 7.58. The third-order valence-electron chi connectivity index (χ3n) is 4.60. The first-order valence-corrected chi connectivity index (χ1v) is 9.26. The maximum Gasteiger partial charge on any atom is 0.254 e. The van der Waals surface area contributed by atoms with E-state index in [0.29, 0.717) is 17.3 Å².